The highest BCUT2D eigenvalue weighted by Gasteiger charge is 2.34. The number of carboxylic acids is 2. The maximum absolute atomic E-state index is 14.0. The van der Waals surface area contributed by atoms with Crippen LogP contribution in [-0.2, 0) is 51.2 Å². The number of hydrogen-bond acceptors (Lipinski definition) is 11. The normalized spacial score (nSPS) is 14.4. The fourth-order valence-electron chi connectivity index (χ4n) is 6.24. The van der Waals surface area contributed by atoms with Crippen LogP contribution in [0.4, 0.5) is 0 Å². The molecule has 2 aromatic rings. The zero-order chi connectivity index (χ0) is 47.2. The molecule has 0 radical (unpaired) electrons. The van der Waals surface area contributed by atoms with Gasteiger partial charge in [-0.2, -0.15) is 0 Å². The molecule has 22 heteroatoms. The van der Waals surface area contributed by atoms with Gasteiger partial charge in [-0.05, 0) is 56.4 Å². The van der Waals surface area contributed by atoms with Gasteiger partial charge in [-0.15, -0.1) is 0 Å². The van der Waals surface area contributed by atoms with Gasteiger partial charge in [0.2, 0.25) is 35.4 Å². The molecule has 63 heavy (non-hydrogen) atoms. The Hall–Kier alpha value is -6.58. The van der Waals surface area contributed by atoms with Crippen LogP contribution in [0, 0.1) is 11.8 Å². The molecule has 22 nitrogen and oxygen atoms in total. The van der Waals surface area contributed by atoms with Crippen LogP contribution in [0.1, 0.15) is 84.4 Å². The van der Waals surface area contributed by atoms with Gasteiger partial charge in [0.05, 0.1) is 12.4 Å². The number of nitrogens with one attached hydrogen (secondary N) is 7. The van der Waals surface area contributed by atoms with Gasteiger partial charge in [0.15, 0.2) is 5.96 Å². The van der Waals surface area contributed by atoms with Gasteiger partial charge < -0.3 is 64.3 Å². The highest BCUT2D eigenvalue weighted by molar-refractivity contribution is 5.97. The Morgan fingerprint density at radius 3 is 1.73 bits per heavy atom. The quantitative estimate of drug-likeness (QED) is 0.0264. The number of aliphatic imine (C=N–C) groups is 1. The summed E-state index contributed by atoms with van der Waals surface area (Å²) >= 11 is 0. The van der Waals surface area contributed by atoms with Gasteiger partial charge in [-0.3, -0.25) is 38.6 Å². The topological polar surface area (TPSA) is 368 Å². The fourth-order valence-corrected chi connectivity index (χ4v) is 6.24. The third-order valence-corrected chi connectivity index (χ3v) is 9.53. The van der Waals surface area contributed by atoms with Crippen molar-refractivity contribution < 1.29 is 48.6 Å². The van der Waals surface area contributed by atoms with Crippen molar-refractivity contribution in [2.24, 2.45) is 34.0 Å². The minimum atomic E-state index is -1.52. The lowest BCUT2D eigenvalue weighted by molar-refractivity contribution is -0.142. The summed E-state index contributed by atoms with van der Waals surface area (Å²) in [6, 6.07) is -0.303. The van der Waals surface area contributed by atoms with Gasteiger partial charge >= 0.3 is 11.9 Å². The van der Waals surface area contributed by atoms with Crippen LogP contribution in [-0.4, -0.2) is 122 Å². The number of benzene rings is 1. The Balaban J connectivity index is 2.28. The number of aliphatic carboxylic acids is 2. The minimum absolute atomic E-state index is 0.0716. The van der Waals surface area contributed by atoms with Crippen LogP contribution in [0.2, 0.25) is 0 Å². The highest BCUT2D eigenvalue weighted by Crippen LogP contribution is 2.11. The molecule has 0 saturated heterocycles. The Labute approximate surface area is 366 Å². The van der Waals surface area contributed by atoms with Crippen molar-refractivity contribution in [2.45, 2.75) is 128 Å². The van der Waals surface area contributed by atoms with Crippen LogP contribution in [0.3, 0.4) is 0 Å². The number of H-pyrrole nitrogens is 1. The largest absolute Gasteiger partial charge is 0.481 e. The first-order chi connectivity index (χ1) is 29.7. The van der Waals surface area contributed by atoms with Crippen molar-refractivity contribution in [2.75, 3.05) is 6.54 Å². The standard InChI is InChI=1S/C41H64N12O10/c1-22(2)16-29(50-35(57)27(42)12-9-15-46-41(43)44)37(59)48-24(5)34(56)49-28(13-14-33(54)55)36(58)52-31(18-25-10-7-6-8-11-25)39(61)51-30(17-23(3)4)38(60)53-32(40(62)63)19-26-20-45-21-47-26/h6-8,10-11,20-24,27-32H,9,12-19,42H2,1-5H3,(H,45,47)(H,48,59)(H,49,56)(H,50,57)(H,51,61)(H,52,58)(H,53,60)(H,54,55)(H,62,63)(H4,43,44,46)/t24-,27-,28-,29-,30-,31-,32-/m0/s1. The van der Waals surface area contributed by atoms with E-state index in [-0.39, 0.29) is 56.4 Å². The molecule has 2 rings (SSSR count). The first-order valence-corrected chi connectivity index (χ1v) is 20.8. The van der Waals surface area contributed by atoms with E-state index < -0.39 is 103 Å². The second kappa shape index (κ2) is 26.7. The van der Waals surface area contributed by atoms with Gasteiger partial charge in [-0.25, -0.2) is 9.78 Å². The maximum Gasteiger partial charge on any atom is 0.326 e. The molecule has 1 aromatic carbocycles. The van der Waals surface area contributed by atoms with E-state index in [4.69, 9.17) is 17.2 Å². The molecule has 0 aliphatic carbocycles. The monoisotopic (exact) mass is 884 g/mol. The van der Waals surface area contributed by atoms with E-state index in [1.54, 1.807) is 44.2 Å². The zero-order valence-electron chi connectivity index (χ0n) is 36.4. The lowest BCUT2D eigenvalue weighted by Gasteiger charge is -2.27. The predicted molar refractivity (Wildman–Crippen MR) is 231 cm³/mol. The molecular formula is C41H64N12O10. The van der Waals surface area contributed by atoms with Crippen LogP contribution in [0.15, 0.2) is 47.8 Å². The van der Waals surface area contributed by atoms with E-state index in [0.29, 0.717) is 17.7 Å². The molecule has 6 amide bonds. The summed E-state index contributed by atoms with van der Waals surface area (Å²) in [6.07, 6.45) is 2.49. The number of aromatic amines is 1. The first-order valence-electron chi connectivity index (χ1n) is 20.8. The number of guanidine groups is 1. The zero-order valence-corrected chi connectivity index (χ0v) is 36.4. The summed E-state index contributed by atoms with van der Waals surface area (Å²) in [5.41, 5.74) is 17.7. The van der Waals surface area contributed by atoms with E-state index in [1.807, 2.05) is 13.8 Å². The molecule has 1 heterocycles. The molecular weight excluding hydrogens is 821 g/mol. The number of nitrogens with two attached hydrogens (primary N) is 3. The van der Waals surface area contributed by atoms with Gasteiger partial charge in [0.1, 0.15) is 36.3 Å². The SMILES string of the molecule is CC(C)C[C@H](NC(=O)[C@H](Cc1ccccc1)NC(=O)[C@H](CCC(=O)O)NC(=O)[C@H](C)NC(=O)[C@H](CC(C)C)NC(=O)[C@@H](N)CCCN=C(N)N)C(=O)N[C@@H](Cc1cnc[nH]1)C(=O)O. The summed E-state index contributed by atoms with van der Waals surface area (Å²) in [4.78, 5) is 116. The number of carbonyl (C=O) groups is 8. The molecule has 1 aromatic heterocycles. The lowest BCUT2D eigenvalue weighted by atomic mass is 10.00. The van der Waals surface area contributed by atoms with Crippen molar-refractivity contribution in [1.29, 1.82) is 0 Å². The van der Waals surface area contributed by atoms with E-state index in [1.165, 1.54) is 19.4 Å². The lowest BCUT2D eigenvalue weighted by Crippen LogP contribution is -2.60. The summed E-state index contributed by atoms with van der Waals surface area (Å²) in [5, 5.41) is 34.7. The minimum Gasteiger partial charge on any atom is -0.481 e. The molecule has 15 N–H and O–H groups in total. The first kappa shape index (κ1) is 52.6. The smallest absolute Gasteiger partial charge is 0.326 e. The van der Waals surface area contributed by atoms with Crippen LogP contribution >= 0.6 is 0 Å². The number of aromatic nitrogens is 2. The Bertz CT molecular complexity index is 1850. The van der Waals surface area contributed by atoms with E-state index in [9.17, 15) is 48.6 Å². The second-order valence-electron chi connectivity index (χ2n) is 16.1. The highest BCUT2D eigenvalue weighted by atomic mass is 16.4. The number of amides is 6. The molecule has 0 unspecified atom stereocenters. The average Bonchev–Trinajstić information content (AvgIpc) is 3.72. The number of nitrogens with zero attached hydrogens (tertiary/aromatic N) is 2. The summed E-state index contributed by atoms with van der Waals surface area (Å²) in [6.45, 7) is 8.83. The van der Waals surface area contributed by atoms with Crippen LogP contribution < -0.4 is 49.1 Å². The van der Waals surface area contributed by atoms with Gasteiger partial charge in [0, 0.05) is 37.7 Å². The van der Waals surface area contributed by atoms with Gasteiger partial charge in [-0.1, -0.05) is 58.0 Å². The second-order valence-corrected chi connectivity index (χ2v) is 16.1. The summed E-state index contributed by atoms with van der Waals surface area (Å²) in [5.74, 6) is -7.66. The van der Waals surface area contributed by atoms with E-state index in [2.05, 4.69) is 46.9 Å². The molecule has 0 fully saturated rings. The summed E-state index contributed by atoms with van der Waals surface area (Å²) in [7, 11) is 0. The van der Waals surface area contributed by atoms with E-state index in [0.717, 1.165) is 0 Å². The number of hydrogen-bond donors (Lipinski definition) is 12. The Kier molecular flexibility index (Phi) is 22.3. The van der Waals surface area contributed by atoms with Crippen molar-refractivity contribution in [3.63, 3.8) is 0 Å². The molecule has 0 aliphatic rings. The summed E-state index contributed by atoms with van der Waals surface area (Å²) < 4.78 is 0. The molecule has 0 saturated carbocycles. The molecule has 0 bridgehead atoms. The molecule has 0 spiro atoms. The average molecular weight is 885 g/mol. The van der Waals surface area contributed by atoms with Crippen LogP contribution in [0.5, 0.6) is 0 Å². The van der Waals surface area contributed by atoms with Gasteiger partial charge in [0.25, 0.3) is 0 Å². The Morgan fingerprint density at radius 2 is 1.19 bits per heavy atom. The van der Waals surface area contributed by atoms with Crippen molar-refractivity contribution in [3.05, 3.63) is 54.1 Å². The van der Waals surface area contributed by atoms with Crippen LogP contribution in [0.25, 0.3) is 0 Å². The fraction of sp³-hybridized carbons (Fsp3) is 0.561. The number of imidazole rings is 1. The molecule has 0 aliphatic heterocycles. The number of carbonyl (C=O) groups excluding carboxylic acids is 6. The van der Waals surface area contributed by atoms with Crippen molar-refractivity contribution in [1.82, 2.24) is 41.9 Å². The third kappa shape index (κ3) is 20.2. The van der Waals surface area contributed by atoms with Crippen molar-refractivity contribution >= 4 is 53.3 Å². The maximum atomic E-state index is 14.0. The molecule has 7 atom stereocenters. The molecule has 348 valence electrons. The van der Waals surface area contributed by atoms with E-state index >= 15 is 0 Å². The number of rotatable bonds is 28. The predicted octanol–water partition coefficient (Wildman–Crippen LogP) is -1.45. The third-order valence-electron chi connectivity index (χ3n) is 9.53. The Morgan fingerprint density at radius 1 is 0.667 bits per heavy atom. The number of carboxylic acid groups (broad SMARTS) is 2. The van der Waals surface area contributed by atoms with Crippen molar-refractivity contribution in [3.8, 4) is 0 Å².